The summed E-state index contributed by atoms with van der Waals surface area (Å²) in [6.07, 6.45) is 8.21. The van der Waals surface area contributed by atoms with Crippen LogP contribution in [-0.4, -0.2) is 45.1 Å². The second-order valence-corrected chi connectivity index (χ2v) is 8.91. The van der Waals surface area contributed by atoms with E-state index >= 15 is 0 Å². The molecule has 6 rings (SSSR count). The van der Waals surface area contributed by atoms with Crippen LogP contribution in [0.15, 0.2) is 36.4 Å². The van der Waals surface area contributed by atoms with Crippen LogP contribution in [0.1, 0.15) is 59.0 Å². The van der Waals surface area contributed by atoms with Crippen molar-refractivity contribution in [2.75, 3.05) is 19.6 Å². The van der Waals surface area contributed by atoms with Crippen molar-refractivity contribution in [3.05, 3.63) is 58.9 Å². The Morgan fingerprint density at radius 2 is 1.50 bits per heavy atom. The van der Waals surface area contributed by atoms with Crippen molar-refractivity contribution in [3.63, 3.8) is 0 Å². The number of benzene rings is 1. The maximum atomic E-state index is 13.0. The highest BCUT2D eigenvalue weighted by atomic mass is 19.1. The zero-order valence-electron chi connectivity index (χ0n) is 16.9. The number of piperidine rings is 1. The van der Waals surface area contributed by atoms with Gasteiger partial charge in [0.1, 0.15) is 5.82 Å². The third kappa shape index (κ3) is 3.33. The van der Waals surface area contributed by atoms with Gasteiger partial charge in [-0.3, -0.25) is 14.3 Å². The second-order valence-electron chi connectivity index (χ2n) is 8.91. The van der Waals surface area contributed by atoms with Crippen LogP contribution in [0.5, 0.6) is 11.8 Å². The van der Waals surface area contributed by atoms with Crippen molar-refractivity contribution in [3.8, 4) is 11.8 Å². The van der Waals surface area contributed by atoms with Crippen LogP contribution < -0.4 is 0 Å². The lowest BCUT2D eigenvalue weighted by Crippen LogP contribution is -2.38. The zero-order chi connectivity index (χ0) is 20.8. The number of likely N-dealkylation sites (tertiary alicyclic amines) is 1. The van der Waals surface area contributed by atoms with Gasteiger partial charge in [0, 0.05) is 35.1 Å². The molecular formula is C24H27FN2O3. The molecule has 0 spiro atoms. The molecule has 2 heterocycles. The van der Waals surface area contributed by atoms with Crippen LogP contribution in [0.4, 0.5) is 4.39 Å². The molecule has 1 aliphatic heterocycles. The maximum Gasteiger partial charge on any atom is 0.198 e. The zero-order valence-corrected chi connectivity index (χ0v) is 16.9. The lowest BCUT2D eigenvalue weighted by atomic mass is 9.73. The van der Waals surface area contributed by atoms with Gasteiger partial charge in [-0.2, -0.15) is 0 Å². The number of hydrogen-bond acceptors (Lipinski definition) is 4. The summed E-state index contributed by atoms with van der Waals surface area (Å²) in [4.78, 5) is 14.6. The molecule has 0 saturated carbocycles. The van der Waals surface area contributed by atoms with Crippen molar-refractivity contribution in [1.29, 1.82) is 0 Å². The Kier molecular flexibility index (Phi) is 4.89. The Hall–Kier alpha value is -2.60. The van der Waals surface area contributed by atoms with Crippen LogP contribution >= 0.6 is 0 Å². The minimum atomic E-state index is -0.339. The summed E-state index contributed by atoms with van der Waals surface area (Å²) in [6, 6.07) is 5.70. The van der Waals surface area contributed by atoms with E-state index in [-0.39, 0.29) is 35.2 Å². The Morgan fingerprint density at radius 3 is 2.03 bits per heavy atom. The third-order valence-electron chi connectivity index (χ3n) is 7.07. The molecule has 5 nitrogen and oxygen atoms in total. The summed E-state index contributed by atoms with van der Waals surface area (Å²) in [5.41, 5.74) is 2.39. The molecule has 2 N–H and O–H groups in total. The number of allylic oxidation sites excluding steroid dienone is 2. The summed E-state index contributed by atoms with van der Waals surface area (Å²) in [5.74, 6) is 0.913. The second kappa shape index (κ2) is 7.58. The number of carbonyl (C=O) groups is 1. The largest absolute Gasteiger partial charge is 0.494 e. The number of hydrogen-bond donors (Lipinski definition) is 2. The van der Waals surface area contributed by atoms with E-state index in [0.717, 1.165) is 49.9 Å². The highest BCUT2D eigenvalue weighted by Gasteiger charge is 2.38. The SMILES string of the molecule is O=C(CN1CCC(Cn2c(O)c3c(c2O)C2C=CC3CC2)CC1)c1ccc(F)cc1. The van der Waals surface area contributed by atoms with E-state index in [2.05, 4.69) is 17.1 Å². The number of Topliss-reactive ketones (excluding diaryl/α,β-unsaturated/α-hetero) is 1. The minimum absolute atomic E-state index is 0.00444. The first-order chi connectivity index (χ1) is 14.5. The number of aromatic nitrogens is 1. The monoisotopic (exact) mass is 410 g/mol. The summed E-state index contributed by atoms with van der Waals surface area (Å²) in [7, 11) is 0. The first kappa shape index (κ1) is 19.4. The molecule has 1 aromatic heterocycles. The average Bonchev–Trinajstić information content (AvgIpc) is 3.03. The van der Waals surface area contributed by atoms with E-state index in [0.29, 0.717) is 24.6 Å². The number of aromatic hydroxyl groups is 2. The Morgan fingerprint density at radius 1 is 0.933 bits per heavy atom. The van der Waals surface area contributed by atoms with Crippen molar-refractivity contribution >= 4 is 5.78 Å². The van der Waals surface area contributed by atoms with E-state index in [9.17, 15) is 19.4 Å². The van der Waals surface area contributed by atoms with Crippen LogP contribution in [0.25, 0.3) is 0 Å². The normalized spacial score (nSPS) is 23.6. The molecule has 1 saturated heterocycles. The topological polar surface area (TPSA) is 65.7 Å². The molecule has 30 heavy (non-hydrogen) atoms. The van der Waals surface area contributed by atoms with Crippen LogP contribution in [0.3, 0.4) is 0 Å². The van der Waals surface area contributed by atoms with Crippen molar-refractivity contribution in [2.24, 2.45) is 5.92 Å². The van der Waals surface area contributed by atoms with Crippen molar-refractivity contribution in [1.82, 2.24) is 9.47 Å². The highest BCUT2D eigenvalue weighted by Crippen LogP contribution is 2.53. The van der Waals surface area contributed by atoms with Gasteiger partial charge in [-0.25, -0.2) is 4.39 Å². The summed E-state index contributed by atoms with van der Waals surface area (Å²) in [6.45, 7) is 2.53. The lowest BCUT2D eigenvalue weighted by Gasteiger charge is -2.31. The number of ketones is 1. The van der Waals surface area contributed by atoms with Gasteiger partial charge in [0.15, 0.2) is 17.5 Å². The number of fused-ring (bicyclic) bond motifs is 1. The maximum absolute atomic E-state index is 13.0. The Bertz CT molecular complexity index is 949. The fraction of sp³-hybridized carbons (Fsp3) is 0.458. The molecule has 0 radical (unpaired) electrons. The summed E-state index contributed by atoms with van der Waals surface area (Å²) in [5, 5.41) is 21.6. The summed E-state index contributed by atoms with van der Waals surface area (Å²) >= 11 is 0. The smallest absolute Gasteiger partial charge is 0.198 e. The first-order valence-corrected chi connectivity index (χ1v) is 10.8. The van der Waals surface area contributed by atoms with Gasteiger partial charge in [0.25, 0.3) is 0 Å². The number of nitrogens with zero attached hydrogens (tertiary/aromatic N) is 2. The van der Waals surface area contributed by atoms with Gasteiger partial charge < -0.3 is 10.2 Å². The van der Waals surface area contributed by atoms with Crippen molar-refractivity contribution < 1.29 is 19.4 Å². The molecular weight excluding hydrogens is 383 g/mol. The Balaban J connectivity index is 1.21. The van der Waals surface area contributed by atoms with Crippen LogP contribution in [-0.2, 0) is 6.54 Å². The van der Waals surface area contributed by atoms with Gasteiger partial charge in [0.2, 0.25) is 0 Å². The van der Waals surface area contributed by atoms with E-state index < -0.39 is 0 Å². The average molecular weight is 410 g/mol. The molecule has 6 heteroatoms. The highest BCUT2D eigenvalue weighted by molar-refractivity contribution is 5.97. The van der Waals surface area contributed by atoms with Crippen LogP contribution in [0.2, 0.25) is 0 Å². The molecule has 0 amide bonds. The number of rotatable bonds is 5. The van der Waals surface area contributed by atoms with Gasteiger partial charge in [-0.15, -0.1) is 0 Å². The molecule has 4 aliphatic rings. The van der Waals surface area contributed by atoms with Gasteiger partial charge in [-0.05, 0) is 69.0 Å². The molecule has 2 unspecified atom stereocenters. The number of halogens is 1. The number of carbonyl (C=O) groups excluding carboxylic acids is 1. The van der Waals surface area contributed by atoms with Gasteiger partial charge >= 0.3 is 0 Å². The quantitative estimate of drug-likeness (QED) is 0.574. The molecule has 1 fully saturated rings. The molecule has 3 aliphatic carbocycles. The van der Waals surface area contributed by atoms with Gasteiger partial charge in [-0.1, -0.05) is 12.2 Å². The molecule has 2 aromatic rings. The fourth-order valence-electron chi connectivity index (χ4n) is 5.35. The predicted molar refractivity (Wildman–Crippen MR) is 112 cm³/mol. The Labute approximate surface area is 175 Å². The van der Waals surface area contributed by atoms with Crippen LogP contribution in [0, 0.1) is 11.7 Å². The minimum Gasteiger partial charge on any atom is -0.494 e. The predicted octanol–water partition coefficient (Wildman–Crippen LogP) is 4.16. The van der Waals surface area contributed by atoms with E-state index in [1.54, 1.807) is 4.57 Å². The van der Waals surface area contributed by atoms with E-state index in [1.807, 2.05) is 0 Å². The van der Waals surface area contributed by atoms with Gasteiger partial charge in [0.05, 0.1) is 6.54 Å². The molecule has 2 atom stereocenters. The lowest BCUT2D eigenvalue weighted by molar-refractivity contribution is 0.0889. The van der Waals surface area contributed by atoms with E-state index in [4.69, 9.17) is 0 Å². The molecule has 2 bridgehead atoms. The standard InChI is InChI=1S/C24H27FN2O3/c25-19-7-5-16(6-8-19)20(28)14-26-11-9-15(10-12-26)13-27-23(29)21-17-1-2-18(4-3-17)22(21)24(27)30/h1-2,5-8,15,17-18,29-30H,3-4,9-14H2. The van der Waals surface area contributed by atoms with Crippen molar-refractivity contribution in [2.45, 2.75) is 44.1 Å². The molecule has 1 aromatic carbocycles. The molecule has 158 valence electrons. The first-order valence-electron chi connectivity index (χ1n) is 10.8. The fourth-order valence-corrected chi connectivity index (χ4v) is 5.35. The third-order valence-corrected chi connectivity index (χ3v) is 7.07. The summed E-state index contributed by atoms with van der Waals surface area (Å²) < 4.78 is 14.7. The van der Waals surface area contributed by atoms with E-state index in [1.165, 1.54) is 24.3 Å².